The molecule has 0 saturated heterocycles. The fourth-order valence-corrected chi connectivity index (χ4v) is 4.05. The van der Waals surface area contributed by atoms with Gasteiger partial charge in [0.1, 0.15) is 11.3 Å². The number of nitrogens with zero attached hydrogens (tertiary/aromatic N) is 1. The van der Waals surface area contributed by atoms with Crippen molar-refractivity contribution in [1.82, 2.24) is 0 Å². The molecule has 34 heavy (non-hydrogen) atoms. The molecule has 3 aromatic rings. The van der Waals surface area contributed by atoms with Crippen molar-refractivity contribution >= 4 is 41.0 Å². The molecule has 0 spiro atoms. The van der Waals surface area contributed by atoms with Crippen LogP contribution in [-0.2, 0) is 0 Å². The number of nitrogens with one attached hydrogen (secondary N) is 1. The molecule has 1 aliphatic heterocycles. The zero-order valence-electron chi connectivity index (χ0n) is 18.9. The average Bonchev–Trinajstić information content (AvgIpc) is 3.23. The summed E-state index contributed by atoms with van der Waals surface area (Å²) in [4.78, 5) is 63.9. The zero-order chi connectivity index (χ0) is 24.9. The van der Waals surface area contributed by atoms with E-state index in [0.29, 0.717) is 5.69 Å². The van der Waals surface area contributed by atoms with E-state index in [1.807, 2.05) is 19.9 Å². The van der Waals surface area contributed by atoms with Gasteiger partial charge in [-0.3, -0.25) is 29.3 Å². The van der Waals surface area contributed by atoms with E-state index in [4.69, 9.17) is 10.2 Å². The summed E-state index contributed by atoms with van der Waals surface area (Å²) >= 11 is 0. The number of amides is 4. The predicted molar refractivity (Wildman–Crippen MR) is 123 cm³/mol. The number of carbonyl (C=O) groups excluding carboxylic acids is 5. The van der Waals surface area contributed by atoms with Crippen molar-refractivity contribution in [1.29, 1.82) is 0 Å². The maximum absolute atomic E-state index is 13.1. The molecule has 0 fully saturated rings. The van der Waals surface area contributed by atoms with Crippen LogP contribution in [0, 0.1) is 20.8 Å². The summed E-state index contributed by atoms with van der Waals surface area (Å²) in [7, 11) is 0. The van der Waals surface area contributed by atoms with Crippen LogP contribution in [0.15, 0.2) is 40.8 Å². The molecule has 0 aliphatic carbocycles. The van der Waals surface area contributed by atoms with Gasteiger partial charge >= 0.3 is 0 Å². The number of primary amides is 1. The number of furan rings is 1. The van der Waals surface area contributed by atoms with Crippen molar-refractivity contribution in [3.63, 3.8) is 0 Å². The molecule has 0 bridgehead atoms. The normalized spacial score (nSPS) is 12.6. The smallest absolute Gasteiger partial charge is 0.266 e. The first kappa shape index (κ1) is 22.7. The molecule has 0 radical (unpaired) electrons. The molecule has 0 atom stereocenters. The van der Waals surface area contributed by atoms with Crippen LogP contribution in [0.2, 0.25) is 0 Å². The fraction of sp³-hybridized carbons (Fsp3) is 0.160. The number of aryl methyl sites for hydroxylation is 2. The molecule has 2 aromatic carbocycles. The summed E-state index contributed by atoms with van der Waals surface area (Å²) < 4.78 is 5.41. The SMILES string of the molecule is CC(=O)c1c(C)oc(NC(=O)c2ccc3c(c2)C(=O)N(c2cccc(C)c2C)C3=O)c1C(N)=O. The van der Waals surface area contributed by atoms with Gasteiger partial charge in [-0.1, -0.05) is 12.1 Å². The second-order valence-corrected chi connectivity index (χ2v) is 8.04. The van der Waals surface area contributed by atoms with Crippen molar-refractivity contribution in [3.05, 3.63) is 81.1 Å². The predicted octanol–water partition coefficient (Wildman–Crippen LogP) is 3.56. The number of fused-ring (bicyclic) bond motifs is 1. The maximum Gasteiger partial charge on any atom is 0.266 e. The Morgan fingerprint density at radius 3 is 2.26 bits per heavy atom. The second kappa shape index (κ2) is 8.11. The van der Waals surface area contributed by atoms with E-state index >= 15 is 0 Å². The highest BCUT2D eigenvalue weighted by atomic mass is 16.4. The maximum atomic E-state index is 13.1. The Morgan fingerprint density at radius 2 is 1.62 bits per heavy atom. The van der Waals surface area contributed by atoms with E-state index in [1.165, 1.54) is 32.0 Å². The Bertz CT molecular complexity index is 1430. The molecule has 2 heterocycles. The average molecular weight is 459 g/mol. The number of carbonyl (C=O) groups is 5. The van der Waals surface area contributed by atoms with Gasteiger partial charge in [0.25, 0.3) is 23.6 Å². The lowest BCUT2D eigenvalue weighted by Gasteiger charge is -2.17. The van der Waals surface area contributed by atoms with Gasteiger partial charge in [0.2, 0.25) is 5.88 Å². The summed E-state index contributed by atoms with van der Waals surface area (Å²) in [5, 5.41) is 2.43. The Balaban J connectivity index is 1.69. The van der Waals surface area contributed by atoms with Crippen LogP contribution >= 0.6 is 0 Å². The van der Waals surface area contributed by atoms with E-state index in [0.717, 1.165) is 16.0 Å². The van der Waals surface area contributed by atoms with Crippen molar-refractivity contribution in [2.45, 2.75) is 27.7 Å². The first-order chi connectivity index (χ1) is 16.0. The van der Waals surface area contributed by atoms with Gasteiger partial charge in [-0.2, -0.15) is 0 Å². The molecular formula is C25H21N3O6. The van der Waals surface area contributed by atoms with Crippen molar-refractivity contribution in [2.24, 2.45) is 5.73 Å². The number of hydrogen-bond donors (Lipinski definition) is 2. The van der Waals surface area contributed by atoms with Gasteiger partial charge in [0, 0.05) is 5.56 Å². The molecular weight excluding hydrogens is 438 g/mol. The summed E-state index contributed by atoms with van der Waals surface area (Å²) in [5.41, 5.74) is 7.65. The third-order valence-electron chi connectivity index (χ3n) is 5.88. The van der Waals surface area contributed by atoms with Gasteiger partial charge in [-0.05, 0) is 63.1 Å². The van der Waals surface area contributed by atoms with Crippen molar-refractivity contribution in [3.8, 4) is 0 Å². The first-order valence-corrected chi connectivity index (χ1v) is 10.4. The second-order valence-electron chi connectivity index (χ2n) is 8.04. The van der Waals surface area contributed by atoms with Crippen LogP contribution in [0.4, 0.5) is 11.6 Å². The largest absolute Gasteiger partial charge is 0.444 e. The van der Waals surface area contributed by atoms with E-state index in [9.17, 15) is 24.0 Å². The third-order valence-corrected chi connectivity index (χ3v) is 5.88. The molecule has 4 amide bonds. The van der Waals surface area contributed by atoms with Crippen molar-refractivity contribution < 1.29 is 28.4 Å². The molecule has 1 aliphatic rings. The molecule has 9 heteroatoms. The highest BCUT2D eigenvalue weighted by Gasteiger charge is 2.38. The molecule has 0 saturated carbocycles. The lowest BCUT2D eigenvalue weighted by Crippen LogP contribution is -2.30. The van der Waals surface area contributed by atoms with Crippen LogP contribution in [0.25, 0.3) is 0 Å². The van der Waals surface area contributed by atoms with Gasteiger partial charge in [-0.25, -0.2) is 4.90 Å². The number of benzene rings is 2. The number of Topliss-reactive ketones (excluding diaryl/α,β-unsaturated/α-hetero) is 1. The number of hydrogen-bond acceptors (Lipinski definition) is 6. The number of imide groups is 1. The molecule has 4 rings (SSSR count). The molecule has 9 nitrogen and oxygen atoms in total. The number of ketones is 1. The Kier molecular flexibility index (Phi) is 5.40. The minimum atomic E-state index is -0.934. The standard InChI is InChI=1S/C25H21N3O6/c1-11-6-5-7-18(12(11)2)28-24(32)16-9-8-15(10-17(16)25(28)33)22(31)27-23-20(21(26)30)19(13(3)29)14(4)34-23/h5-10H,1-4H3,(H2,26,30)(H,27,31). The Hall–Kier alpha value is -4.53. The number of anilines is 2. The highest BCUT2D eigenvalue weighted by Crippen LogP contribution is 2.33. The summed E-state index contributed by atoms with van der Waals surface area (Å²) in [5.74, 6) is -3.24. The van der Waals surface area contributed by atoms with Crippen LogP contribution in [-0.4, -0.2) is 29.4 Å². The first-order valence-electron chi connectivity index (χ1n) is 10.4. The molecule has 172 valence electrons. The Morgan fingerprint density at radius 1 is 0.941 bits per heavy atom. The van der Waals surface area contributed by atoms with Gasteiger partial charge < -0.3 is 10.2 Å². The van der Waals surface area contributed by atoms with Crippen molar-refractivity contribution in [2.75, 3.05) is 10.2 Å². The lowest BCUT2D eigenvalue weighted by atomic mass is 10.0. The Labute approximate surface area is 194 Å². The number of nitrogens with two attached hydrogens (primary N) is 1. The lowest BCUT2D eigenvalue weighted by molar-refractivity contribution is 0.0923. The van der Waals surface area contributed by atoms with Crippen LogP contribution in [0.1, 0.15) is 75.6 Å². The van der Waals surface area contributed by atoms with E-state index in [1.54, 1.807) is 12.1 Å². The molecule has 1 aromatic heterocycles. The fourth-order valence-electron chi connectivity index (χ4n) is 4.05. The van der Waals surface area contributed by atoms with Gasteiger partial charge in [0.15, 0.2) is 5.78 Å². The third kappa shape index (κ3) is 3.47. The monoisotopic (exact) mass is 459 g/mol. The van der Waals surface area contributed by atoms with E-state index in [-0.39, 0.29) is 39.5 Å². The van der Waals surface area contributed by atoms with Crippen LogP contribution in [0.5, 0.6) is 0 Å². The molecule has 3 N–H and O–H groups in total. The minimum Gasteiger partial charge on any atom is -0.444 e. The van der Waals surface area contributed by atoms with E-state index < -0.39 is 29.4 Å². The minimum absolute atomic E-state index is 0.0123. The highest BCUT2D eigenvalue weighted by molar-refractivity contribution is 6.35. The van der Waals surface area contributed by atoms with Gasteiger partial charge in [0.05, 0.1) is 22.4 Å². The summed E-state index contributed by atoms with van der Waals surface area (Å²) in [6.45, 7) is 6.43. The van der Waals surface area contributed by atoms with Gasteiger partial charge in [-0.15, -0.1) is 0 Å². The van der Waals surface area contributed by atoms with Crippen LogP contribution < -0.4 is 16.0 Å². The number of rotatable bonds is 5. The quantitative estimate of drug-likeness (QED) is 0.442. The summed E-state index contributed by atoms with van der Waals surface area (Å²) in [6, 6.07) is 9.43. The van der Waals surface area contributed by atoms with E-state index in [2.05, 4.69) is 5.32 Å². The molecule has 0 unspecified atom stereocenters. The summed E-state index contributed by atoms with van der Waals surface area (Å²) in [6.07, 6.45) is 0. The topological polar surface area (TPSA) is 140 Å². The van der Waals surface area contributed by atoms with Crippen LogP contribution in [0.3, 0.4) is 0 Å². The zero-order valence-corrected chi connectivity index (χ0v) is 18.9.